The molecule has 5 nitrogen and oxygen atoms in total. The molecule has 24 heavy (non-hydrogen) atoms. The molecule has 6 heteroatoms. The Bertz CT molecular complexity index is 732. The second-order valence-corrected chi connectivity index (χ2v) is 7.40. The highest BCUT2D eigenvalue weighted by Crippen LogP contribution is 2.25. The number of hydrogen-bond acceptors (Lipinski definition) is 4. The predicted octanol–water partition coefficient (Wildman–Crippen LogP) is 3.26. The van der Waals surface area contributed by atoms with Gasteiger partial charge in [0.1, 0.15) is 0 Å². The molecule has 1 heterocycles. The first-order valence-electron chi connectivity index (χ1n) is 7.93. The molecule has 0 saturated carbocycles. The van der Waals surface area contributed by atoms with Crippen molar-refractivity contribution in [2.75, 3.05) is 5.32 Å². The molecule has 2 amide bonds. The summed E-state index contributed by atoms with van der Waals surface area (Å²) in [6, 6.07) is 7.45. The van der Waals surface area contributed by atoms with E-state index in [-0.39, 0.29) is 12.0 Å². The first kappa shape index (κ1) is 18.1. The third-order valence-electron chi connectivity index (χ3n) is 3.48. The van der Waals surface area contributed by atoms with Crippen molar-refractivity contribution in [1.82, 2.24) is 10.3 Å². The van der Waals surface area contributed by atoms with Crippen LogP contribution in [-0.2, 0) is 28.0 Å². The number of benzene rings is 1. The summed E-state index contributed by atoms with van der Waals surface area (Å²) in [5, 5.41) is 8.19. The molecular weight excluding hydrogens is 322 g/mol. The van der Waals surface area contributed by atoms with E-state index < -0.39 is 11.8 Å². The third kappa shape index (κ3) is 4.64. The van der Waals surface area contributed by atoms with Gasteiger partial charge in [-0.15, -0.1) is 11.3 Å². The van der Waals surface area contributed by atoms with Crippen molar-refractivity contribution in [3.8, 4) is 0 Å². The molecule has 0 aliphatic rings. The van der Waals surface area contributed by atoms with Gasteiger partial charge in [0.15, 0.2) is 0 Å². The number of aryl methyl sites for hydroxylation is 1. The Morgan fingerprint density at radius 2 is 1.88 bits per heavy atom. The fourth-order valence-corrected chi connectivity index (χ4v) is 3.02. The van der Waals surface area contributed by atoms with E-state index in [0.29, 0.717) is 5.69 Å². The van der Waals surface area contributed by atoms with E-state index >= 15 is 0 Å². The molecule has 1 aromatic carbocycles. The minimum atomic E-state index is -0.665. The van der Waals surface area contributed by atoms with Crippen molar-refractivity contribution < 1.29 is 9.59 Å². The average molecular weight is 345 g/mol. The molecule has 0 unspecified atom stereocenters. The lowest BCUT2D eigenvalue weighted by Gasteiger charge is -2.13. The number of hydrogen-bond donors (Lipinski definition) is 2. The number of rotatable bonds is 4. The summed E-state index contributed by atoms with van der Waals surface area (Å²) < 4.78 is 0. The average Bonchev–Trinajstić information content (AvgIpc) is 3.02. The van der Waals surface area contributed by atoms with E-state index in [0.717, 1.165) is 22.7 Å². The fraction of sp³-hybridized carbons (Fsp3) is 0.389. The number of para-hydroxylation sites is 1. The first-order valence-corrected chi connectivity index (χ1v) is 8.81. The Morgan fingerprint density at radius 1 is 1.17 bits per heavy atom. The summed E-state index contributed by atoms with van der Waals surface area (Å²) in [5.41, 5.74) is 2.41. The van der Waals surface area contributed by atoms with E-state index in [1.165, 1.54) is 0 Å². The number of aromatic nitrogens is 1. The highest BCUT2D eigenvalue weighted by molar-refractivity contribution is 7.09. The highest BCUT2D eigenvalue weighted by atomic mass is 32.1. The van der Waals surface area contributed by atoms with Gasteiger partial charge < -0.3 is 10.6 Å². The van der Waals surface area contributed by atoms with Crippen LogP contribution in [0.15, 0.2) is 29.6 Å². The number of nitrogens with zero attached hydrogens (tertiary/aromatic N) is 1. The van der Waals surface area contributed by atoms with E-state index in [2.05, 4.69) is 36.4 Å². The van der Waals surface area contributed by atoms with Crippen molar-refractivity contribution in [3.05, 3.63) is 45.9 Å². The molecular formula is C18H23N3O2S. The first-order chi connectivity index (χ1) is 11.3. The molecule has 0 radical (unpaired) electrons. The van der Waals surface area contributed by atoms with Crippen LogP contribution >= 0.6 is 11.3 Å². The van der Waals surface area contributed by atoms with Gasteiger partial charge in [0.2, 0.25) is 0 Å². The van der Waals surface area contributed by atoms with Crippen LogP contribution in [0.4, 0.5) is 5.69 Å². The van der Waals surface area contributed by atoms with Crippen molar-refractivity contribution >= 4 is 28.8 Å². The van der Waals surface area contributed by atoms with Gasteiger partial charge in [-0.1, -0.05) is 45.9 Å². The molecule has 2 N–H and O–H groups in total. The topological polar surface area (TPSA) is 71.1 Å². The fourth-order valence-electron chi connectivity index (χ4n) is 2.11. The lowest BCUT2D eigenvalue weighted by atomic mass is 9.98. The van der Waals surface area contributed by atoms with Crippen LogP contribution < -0.4 is 10.6 Å². The Labute approximate surface area is 146 Å². The zero-order valence-corrected chi connectivity index (χ0v) is 15.3. The van der Waals surface area contributed by atoms with Crippen molar-refractivity contribution in [3.63, 3.8) is 0 Å². The van der Waals surface area contributed by atoms with Gasteiger partial charge in [-0.3, -0.25) is 9.59 Å². The Morgan fingerprint density at radius 3 is 2.50 bits per heavy atom. The summed E-state index contributed by atoms with van der Waals surface area (Å²) in [7, 11) is 0. The van der Waals surface area contributed by atoms with Crippen molar-refractivity contribution in [2.45, 2.75) is 46.1 Å². The molecule has 2 aromatic rings. The summed E-state index contributed by atoms with van der Waals surface area (Å²) in [4.78, 5) is 28.5. The monoisotopic (exact) mass is 345 g/mol. The summed E-state index contributed by atoms with van der Waals surface area (Å²) in [5.74, 6) is -1.33. The van der Waals surface area contributed by atoms with Crippen LogP contribution in [0.1, 0.15) is 44.0 Å². The second kappa shape index (κ2) is 7.57. The molecule has 0 aliphatic carbocycles. The predicted molar refractivity (Wildman–Crippen MR) is 97.1 cm³/mol. The number of nitrogens with one attached hydrogen (secondary N) is 2. The summed E-state index contributed by atoms with van der Waals surface area (Å²) in [6.45, 7) is 8.51. The molecule has 0 atom stereocenters. The molecule has 2 rings (SSSR count). The number of thiazole rings is 1. The van der Waals surface area contributed by atoms with Crippen molar-refractivity contribution in [2.24, 2.45) is 0 Å². The van der Waals surface area contributed by atoms with Crippen LogP contribution in [0.2, 0.25) is 0 Å². The van der Waals surface area contributed by atoms with E-state index in [1.54, 1.807) is 17.4 Å². The molecule has 0 spiro atoms. The quantitative estimate of drug-likeness (QED) is 0.836. The van der Waals surface area contributed by atoms with Gasteiger partial charge in [-0.05, 0) is 18.1 Å². The SMILES string of the molecule is CCc1ccccc1NC(=O)C(=O)NCc1csc(C(C)(C)C)n1. The number of anilines is 1. The van der Waals surface area contributed by atoms with Gasteiger partial charge in [0.05, 0.1) is 17.2 Å². The minimum absolute atomic E-state index is 0.0197. The molecule has 128 valence electrons. The van der Waals surface area contributed by atoms with Crippen LogP contribution in [0, 0.1) is 0 Å². The highest BCUT2D eigenvalue weighted by Gasteiger charge is 2.19. The molecule has 0 saturated heterocycles. The zero-order valence-electron chi connectivity index (χ0n) is 14.5. The van der Waals surface area contributed by atoms with Crippen molar-refractivity contribution in [1.29, 1.82) is 0 Å². The number of amides is 2. The smallest absolute Gasteiger partial charge is 0.313 e. The normalized spacial score (nSPS) is 11.2. The Kier molecular flexibility index (Phi) is 5.72. The Hall–Kier alpha value is -2.21. The number of carbonyl (C=O) groups excluding carboxylic acids is 2. The zero-order chi connectivity index (χ0) is 17.7. The maximum absolute atomic E-state index is 12.0. The van der Waals surface area contributed by atoms with Crippen LogP contribution in [0.25, 0.3) is 0 Å². The molecule has 1 aromatic heterocycles. The molecule has 0 fully saturated rings. The van der Waals surface area contributed by atoms with Crippen LogP contribution in [0.3, 0.4) is 0 Å². The van der Waals surface area contributed by atoms with Gasteiger partial charge in [0, 0.05) is 16.5 Å². The van der Waals surface area contributed by atoms with E-state index in [1.807, 2.05) is 30.5 Å². The molecule has 0 bridgehead atoms. The van der Waals surface area contributed by atoms with Crippen LogP contribution in [0.5, 0.6) is 0 Å². The minimum Gasteiger partial charge on any atom is -0.342 e. The van der Waals surface area contributed by atoms with Gasteiger partial charge >= 0.3 is 11.8 Å². The van der Waals surface area contributed by atoms with E-state index in [9.17, 15) is 9.59 Å². The van der Waals surface area contributed by atoms with E-state index in [4.69, 9.17) is 0 Å². The largest absolute Gasteiger partial charge is 0.342 e. The third-order valence-corrected chi connectivity index (χ3v) is 4.79. The summed E-state index contributed by atoms with van der Waals surface area (Å²) >= 11 is 1.56. The van der Waals surface area contributed by atoms with Gasteiger partial charge in [-0.2, -0.15) is 0 Å². The number of carbonyl (C=O) groups is 2. The summed E-state index contributed by atoms with van der Waals surface area (Å²) in [6.07, 6.45) is 0.784. The second-order valence-electron chi connectivity index (χ2n) is 6.54. The van der Waals surface area contributed by atoms with Gasteiger partial charge in [0.25, 0.3) is 0 Å². The van der Waals surface area contributed by atoms with Crippen LogP contribution in [-0.4, -0.2) is 16.8 Å². The molecule has 0 aliphatic heterocycles. The lowest BCUT2D eigenvalue weighted by molar-refractivity contribution is -0.136. The van der Waals surface area contributed by atoms with Gasteiger partial charge in [-0.25, -0.2) is 4.98 Å². The standard InChI is InChI=1S/C18H23N3O2S/c1-5-12-8-6-7-9-14(12)21-16(23)15(22)19-10-13-11-24-17(20-13)18(2,3)4/h6-9,11H,5,10H2,1-4H3,(H,19,22)(H,21,23). The maximum Gasteiger partial charge on any atom is 0.313 e. The maximum atomic E-state index is 12.0. The Balaban J connectivity index is 1.92. The lowest BCUT2D eigenvalue weighted by Crippen LogP contribution is -2.35.